The Kier molecular flexibility index (Phi) is 5.73. The lowest BCUT2D eigenvalue weighted by Gasteiger charge is -2.10. The van der Waals surface area contributed by atoms with E-state index in [-0.39, 0.29) is 4.90 Å². The Balaban J connectivity index is 1.71. The molecule has 1 amide bonds. The number of hydrazine groups is 1. The van der Waals surface area contributed by atoms with Gasteiger partial charge in [-0.2, -0.15) is 0 Å². The van der Waals surface area contributed by atoms with Gasteiger partial charge in [0.2, 0.25) is 0 Å². The van der Waals surface area contributed by atoms with Gasteiger partial charge in [-0.1, -0.05) is 43.3 Å². The molecule has 0 spiro atoms. The molecule has 0 fully saturated rings. The van der Waals surface area contributed by atoms with Crippen molar-refractivity contribution >= 4 is 26.7 Å². The molecule has 0 saturated carbocycles. The van der Waals surface area contributed by atoms with Crippen LogP contribution >= 0.6 is 0 Å². The van der Waals surface area contributed by atoms with Gasteiger partial charge in [-0.05, 0) is 47.5 Å². The molecule has 0 saturated heterocycles. The first-order chi connectivity index (χ1) is 13.0. The number of fused-ring (bicyclic) bond motifs is 1. The van der Waals surface area contributed by atoms with Crippen LogP contribution in [0.25, 0.3) is 10.8 Å². The summed E-state index contributed by atoms with van der Waals surface area (Å²) >= 11 is 0. The van der Waals surface area contributed by atoms with Crippen LogP contribution in [0.2, 0.25) is 0 Å². The maximum absolute atomic E-state index is 12.5. The third-order valence-electron chi connectivity index (χ3n) is 3.90. The highest BCUT2D eigenvalue weighted by atomic mass is 32.2. The van der Waals surface area contributed by atoms with Crippen molar-refractivity contribution in [1.82, 2.24) is 10.3 Å². The van der Waals surface area contributed by atoms with Crippen molar-refractivity contribution in [2.24, 2.45) is 0 Å². The van der Waals surface area contributed by atoms with Crippen molar-refractivity contribution in [1.29, 1.82) is 0 Å². The van der Waals surface area contributed by atoms with E-state index in [2.05, 4.69) is 10.3 Å². The maximum atomic E-state index is 12.5. The predicted octanol–water partition coefficient (Wildman–Crippen LogP) is 3.25. The second-order valence-electron chi connectivity index (χ2n) is 5.94. The van der Waals surface area contributed by atoms with E-state index in [1.165, 1.54) is 6.07 Å². The van der Waals surface area contributed by atoms with Crippen LogP contribution in [0.1, 0.15) is 23.7 Å². The summed E-state index contributed by atoms with van der Waals surface area (Å²) in [5.74, 6) is -0.0109. The standard InChI is InChI=1S/C20H20N2O4S/c1-2-12-26-18-9-5-8-17(13-18)20(23)21-22-27(24,25)19-11-10-15-6-3-4-7-16(15)14-19/h3-11,13-14,22H,2,12H2,1H3,(H,21,23). The summed E-state index contributed by atoms with van der Waals surface area (Å²) in [6.07, 6.45) is 0.849. The fraction of sp³-hybridized carbons (Fsp3) is 0.150. The molecule has 2 N–H and O–H groups in total. The van der Waals surface area contributed by atoms with E-state index >= 15 is 0 Å². The molecule has 7 heteroatoms. The summed E-state index contributed by atoms with van der Waals surface area (Å²) in [6.45, 7) is 2.53. The highest BCUT2D eigenvalue weighted by molar-refractivity contribution is 7.89. The van der Waals surface area contributed by atoms with E-state index < -0.39 is 15.9 Å². The van der Waals surface area contributed by atoms with Gasteiger partial charge in [0.25, 0.3) is 15.9 Å². The molecule has 0 atom stereocenters. The molecule has 6 nitrogen and oxygen atoms in total. The zero-order valence-corrected chi connectivity index (χ0v) is 15.6. The average Bonchev–Trinajstić information content (AvgIpc) is 2.70. The molecular formula is C20H20N2O4S. The topological polar surface area (TPSA) is 84.5 Å². The fourth-order valence-electron chi connectivity index (χ4n) is 2.53. The Hall–Kier alpha value is -2.90. The molecular weight excluding hydrogens is 364 g/mol. The first kappa shape index (κ1) is 18.9. The molecule has 0 radical (unpaired) electrons. The molecule has 0 aromatic heterocycles. The third-order valence-corrected chi connectivity index (χ3v) is 5.14. The number of hydrogen-bond donors (Lipinski definition) is 2. The number of ether oxygens (including phenoxy) is 1. The van der Waals surface area contributed by atoms with Crippen LogP contribution in [0.3, 0.4) is 0 Å². The van der Waals surface area contributed by atoms with E-state index in [0.717, 1.165) is 17.2 Å². The number of benzene rings is 3. The minimum atomic E-state index is -3.89. The second-order valence-corrected chi connectivity index (χ2v) is 7.63. The van der Waals surface area contributed by atoms with Crippen LogP contribution in [-0.2, 0) is 10.0 Å². The number of nitrogens with one attached hydrogen (secondary N) is 2. The van der Waals surface area contributed by atoms with Crippen molar-refractivity contribution in [3.05, 3.63) is 72.3 Å². The molecule has 27 heavy (non-hydrogen) atoms. The van der Waals surface area contributed by atoms with E-state index in [0.29, 0.717) is 17.9 Å². The highest BCUT2D eigenvalue weighted by Crippen LogP contribution is 2.18. The number of carbonyl (C=O) groups excluding carboxylic acids is 1. The van der Waals surface area contributed by atoms with Crippen molar-refractivity contribution in [2.45, 2.75) is 18.2 Å². The van der Waals surface area contributed by atoms with Crippen LogP contribution in [0.5, 0.6) is 5.75 Å². The molecule has 3 aromatic rings. The first-order valence-electron chi connectivity index (χ1n) is 8.53. The molecule has 3 aromatic carbocycles. The maximum Gasteiger partial charge on any atom is 0.266 e. The minimum Gasteiger partial charge on any atom is -0.494 e. The lowest BCUT2D eigenvalue weighted by Crippen LogP contribution is -2.41. The van der Waals surface area contributed by atoms with Gasteiger partial charge < -0.3 is 4.74 Å². The lowest BCUT2D eigenvalue weighted by atomic mass is 10.1. The van der Waals surface area contributed by atoms with Gasteiger partial charge >= 0.3 is 0 Å². The second kappa shape index (κ2) is 8.20. The van der Waals surface area contributed by atoms with Crippen molar-refractivity contribution < 1.29 is 17.9 Å². The van der Waals surface area contributed by atoms with Gasteiger partial charge in [-0.3, -0.25) is 10.2 Å². The zero-order chi connectivity index (χ0) is 19.3. The molecule has 0 aliphatic heterocycles. The summed E-state index contributed by atoms with van der Waals surface area (Å²) in [6, 6.07) is 18.8. The number of sulfonamides is 1. The third kappa shape index (κ3) is 4.64. The summed E-state index contributed by atoms with van der Waals surface area (Å²) in [5, 5.41) is 1.73. The largest absolute Gasteiger partial charge is 0.494 e. The molecule has 0 aliphatic rings. The first-order valence-corrected chi connectivity index (χ1v) is 10.0. The van der Waals surface area contributed by atoms with Crippen molar-refractivity contribution in [2.75, 3.05) is 6.61 Å². The summed E-state index contributed by atoms with van der Waals surface area (Å²) in [7, 11) is -3.89. The number of carbonyl (C=O) groups is 1. The number of amides is 1. The van der Waals surface area contributed by atoms with Crippen LogP contribution in [0, 0.1) is 0 Å². The Morgan fingerprint density at radius 2 is 1.74 bits per heavy atom. The average molecular weight is 384 g/mol. The molecule has 0 unspecified atom stereocenters. The van der Waals surface area contributed by atoms with Gasteiger partial charge in [0.05, 0.1) is 11.5 Å². The van der Waals surface area contributed by atoms with Gasteiger partial charge in [0.1, 0.15) is 5.75 Å². The van der Waals surface area contributed by atoms with Crippen LogP contribution in [0.4, 0.5) is 0 Å². The normalized spacial score (nSPS) is 11.3. The van der Waals surface area contributed by atoms with Crippen molar-refractivity contribution in [3.8, 4) is 5.75 Å². The van der Waals surface area contributed by atoms with Gasteiger partial charge in [0, 0.05) is 5.56 Å². The van der Waals surface area contributed by atoms with Gasteiger partial charge in [-0.15, -0.1) is 4.83 Å². The Morgan fingerprint density at radius 3 is 2.52 bits per heavy atom. The summed E-state index contributed by atoms with van der Waals surface area (Å²) < 4.78 is 30.4. The van der Waals surface area contributed by atoms with E-state index in [9.17, 15) is 13.2 Å². The van der Waals surface area contributed by atoms with E-state index in [1.54, 1.807) is 36.4 Å². The summed E-state index contributed by atoms with van der Waals surface area (Å²) in [4.78, 5) is 14.5. The Morgan fingerprint density at radius 1 is 0.963 bits per heavy atom. The highest BCUT2D eigenvalue weighted by Gasteiger charge is 2.16. The molecule has 0 heterocycles. The van der Waals surface area contributed by atoms with E-state index in [4.69, 9.17) is 4.74 Å². The van der Waals surface area contributed by atoms with Crippen LogP contribution in [-0.4, -0.2) is 20.9 Å². The smallest absolute Gasteiger partial charge is 0.266 e. The fourth-order valence-corrected chi connectivity index (χ4v) is 3.40. The van der Waals surface area contributed by atoms with Gasteiger partial charge in [-0.25, -0.2) is 8.42 Å². The minimum absolute atomic E-state index is 0.0709. The zero-order valence-electron chi connectivity index (χ0n) is 14.8. The quantitative estimate of drug-likeness (QED) is 0.613. The monoisotopic (exact) mass is 384 g/mol. The lowest BCUT2D eigenvalue weighted by molar-refractivity contribution is 0.0944. The molecule has 3 rings (SSSR count). The van der Waals surface area contributed by atoms with Gasteiger partial charge in [0.15, 0.2) is 0 Å². The molecule has 140 valence electrons. The number of rotatable bonds is 7. The van der Waals surface area contributed by atoms with Crippen molar-refractivity contribution in [3.63, 3.8) is 0 Å². The summed E-state index contributed by atoms with van der Waals surface area (Å²) in [5.41, 5.74) is 2.53. The van der Waals surface area contributed by atoms with Crippen LogP contribution in [0.15, 0.2) is 71.6 Å². The Labute approximate surface area is 158 Å². The van der Waals surface area contributed by atoms with Crippen LogP contribution < -0.4 is 15.0 Å². The SMILES string of the molecule is CCCOc1cccc(C(=O)NNS(=O)(=O)c2ccc3ccccc3c2)c1. The molecule has 0 aliphatic carbocycles. The molecule has 0 bridgehead atoms. The number of hydrogen-bond acceptors (Lipinski definition) is 4. The predicted molar refractivity (Wildman–Crippen MR) is 104 cm³/mol. The Bertz CT molecular complexity index is 1060. The van der Waals surface area contributed by atoms with E-state index in [1.807, 2.05) is 31.2 Å².